The molecule has 0 N–H and O–H groups in total. The molecular weight excluding hydrogens is 460 g/mol. The molecule has 0 atom stereocenters. The van der Waals surface area contributed by atoms with Crippen LogP contribution in [0.1, 0.15) is 26.2 Å². The molecule has 9 heteroatoms. The molecule has 29 heavy (non-hydrogen) atoms. The molecule has 0 aromatic carbocycles. The van der Waals surface area contributed by atoms with Crippen LogP contribution in [0, 0.1) is 0 Å². The predicted molar refractivity (Wildman–Crippen MR) is 137 cm³/mol. The maximum Gasteiger partial charge on any atom is 0.199 e. The summed E-state index contributed by atoms with van der Waals surface area (Å²) in [7, 11) is 8.00. The van der Waals surface area contributed by atoms with Gasteiger partial charge < -0.3 is 25.3 Å². The van der Waals surface area contributed by atoms with Crippen molar-refractivity contribution in [2.75, 3.05) is 38.2 Å². The van der Waals surface area contributed by atoms with Crippen molar-refractivity contribution in [2.45, 2.75) is 33.8 Å². The van der Waals surface area contributed by atoms with E-state index in [2.05, 4.69) is 32.2 Å². The summed E-state index contributed by atoms with van der Waals surface area (Å²) in [4.78, 5) is 0. The van der Waals surface area contributed by atoms with Crippen LogP contribution in [0.5, 0.6) is 0 Å². The van der Waals surface area contributed by atoms with E-state index in [0.29, 0.717) is 6.42 Å². The van der Waals surface area contributed by atoms with E-state index in [1.165, 1.54) is 0 Å². The summed E-state index contributed by atoms with van der Waals surface area (Å²) in [6, 6.07) is 12.0. The van der Waals surface area contributed by atoms with Gasteiger partial charge in [-0.05, 0) is 0 Å². The average molecular weight is 493 g/mol. The summed E-state index contributed by atoms with van der Waals surface area (Å²) >= 11 is 24.0. The number of unbranched alkanes of at least 4 members (excludes halogenated alkanes) is 1. The zero-order chi connectivity index (χ0) is 22.5. The van der Waals surface area contributed by atoms with Gasteiger partial charge in [-0.3, -0.25) is 0 Å². The van der Waals surface area contributed by atoms with Gasteiger partial charge in [-0.15, -0.1) is 25.3 Å². The molecule has 164 valence electrons. The molecule has 0 fully saturated rings. The summed E-state index contributed by atoms with van der Waals surface area (Å²) in [5.41, 5.74) is 0. The van der Waals surface area contributed by atoms with Crippen LogP contribution in [0.4, 0.5) is 0 Å². The molecule has 0 aliphatic rings. The van der Waals surface area contributed by atoms with E-state index in [9.17, 15) is 0 Å². The topological polar surface area (TPSA) is 14.2 Å². The molecule has 0 radical (unpaired) electrons. The zero-order valence-corrected chi connectivity index (χ0v) is 22.0. The molecule has 2 heterocycles. The number of pyridine rings is 2. The quantitative estimate of drug-likeness (QED) is 0.211. The zero-order valence-electron chi connectivity index (χ0n) is 17.8. The number of rotatable bonds is 6. The Morgan fingerprint density at radius 1 is 0.793 bits per heavy atom. The Hall–Kier alpha value is -0.410. The molecule has 0 bridgehead atoms. The van der Waals surface area contributed by atoms with Crippen molar-refractivity contribution < 1.29 is 9.35 Å². The largest absolute Gasteiger partial charge is 0.808 e. The first kappa shape index (κ1) is 28.6. The van der Waals surface area contributed by atoms with E-state index in [0.717, 1.165) is 12.8 Å². The van der Waals surface area contributed by atoms with Gasteiger partial charge in [-0.25, -0.2) is 4.08 Å². The first-order chi connectivity index (χ1) is 13.4. The first-order valence-electron chi connectivity index (χ1n) is 9.24. The van der Waals surface area contributed by atoms with E-state index in [1.807, 2.05) is 109 Å². The Morgan fingerprint density at radius 2 is 1.14 bits per heavy atom. The minimum Gasteiger partial charge on any atom is -0.808 e. The van der Waals surface area contributed by atoms with Crippen LogP contribution < -0.4 is 19.4 Å². The van der Waals surface area contributed by atoms with E-state index >= 15 is 0 Å². The number of hydrogen-bond donors (Lipinski definition) is 2. The van der Waals surface area contributed by atoms with Crippen LogP contribution in [0.25, 0.3) is 0 Å². The van der Waals surface area contributed by atoms with Crippen LogP contribution in [0.3, 0.4) is 0 Å². The molecule has 0 unspecified atom stereocenters. The number of alkyl halides is 1. The van der Waals surface area contributed by atoms with Gasteiger partial charge >= 0.3 is 0 Å². The smallest absolute Gasteiger partial charge is 0.199 e. The second kappa shape index (κ2) is 14.6. The Balaban J connectivity index is 0.000000408. The number of halogens is 1. The molecule has 0 saturated carbocycles. The Kier molecular flexibility index (Phi) is 14.4. The van der Waals surface area contributed by atoms with Crippen LogP contribution in [0.15, 0.2) is 61.2 Å². The highest BCUT2D eigenvalue weighted by atomic mass is 35.5. The van der Waals surface area contributed by atoms with Gasteiger partial charge in [0.2, 0.25) is 0 Å². The van der Waals surface area contributed by atoms with Crippen LogP contribution in [0.2, 0.25) is 0 Å². The van der Waals surface area contributed by atoms with Crippen LogP contribution in [-0.4, -0.2) is 35.8 Å². The van der Waals surface area contributed by atoms with Crippen molar-refractivity contribution in [3.05, 3.63) is 61.2 Å². The van der Waals surface area contributed by atoms with Gasteiger partial charge in [0.05, 0.1) is 31.7 Å². The number of hydrogen-bond acceptors (Lipinski definition) is 6. The third kappa shape index (κ3) is 12.8. The Labute approximate surface area is 203 Å². The lowest BCUT2D eigenvalue weighted by molar-refractivity contribution is -0.687. The molecule has 0 amide bonds. The van der Waals surface area contributed by atoms with Crippen LogP contribution >= 0.6 is 36.9 Å². The summed E-state index contributed by atoms with van der Waals surface area (Å²) in [5.74, 6) is 0. The van der Waals surface area contributed by atoms with Gasteiger partial charge in [-0.2, -0.15) is 10.0 Å². The fraction of sp³-hybridized carbons (Fsp3) is 0.500. The van der Waals surface area contributed by atoms with E-state index in [4.69, 9.17) is 36.9 Å². The summed E-state index contributed by atoms with van der Waals surface area (Å²) in [5, 5.41) is 4.00. The van der Waals surface area contributed by atoms with Gasteiger partial charge in [0, 0.05) is 24.3 Å². The molecule has 0 spiro atoms. The lowest BCUT2D eigenvalue weighted by Gasteiger charge is -2.57. The fourth-order valence-corrected chi connectivity index (χ4v) is 2.49. The maximum absolute atomic E-state index is 5.78. The molecule has 0 saturated heterocycles. The molecule has 2 rings (SSSR count). The van der Waals surface area contributed by atoms with E-state index in [-0.39, 0.29) is 0 Å². The summed E-state index contributed by atoms with van der Waals surface area (Å²) in [6.07, 6.45) is 10.7. The van der Waals surface area contributed by atoms with Crippen LogP contribution in [-0.2, 0) is 25.3 Å². The average Bonchev–Trinajstić information content (AvgIpc) is 2.68. The normalized spacial score (nSPS) is 10.8. The number of nitrogens with zero attached hydrogens (tertiary/aromatic N) is 4. The SMILES string of the molecule is CCCCC([S-])([S-])C(S)(S)Cl.CN(C)[n+]1ccccc1.CN(C)[n+]1ccccc1. The van der Waals surface area contributed by atoms with Gasteiger partial charge in [0.1, 0.15) is 0 Å². The highest BCUT2D eigenvalue weighted by Crippen LogP contribution is 2.40. The second-order valence-electron chi connectivity index (χ2n) is 6.65. The van der Waals surface area contributed by atoms with Crippen molar-refractivity contribution in [1.29, 1.82) is 0 Å². The van der Waals surface area contributed by atoms with E-state index in [1.54, 1.807) is 0 Å². The predicted octanol–water partition coefficient (Wildman–Crippen LogP) is 3.06. The minimum atomic E-state index is -1.06. The maximum atomic E-state index is 5.78. The van der Waals surface area contributed by atoms with Gasteiger partial charge in [0.25, 0.3) is 0 Å². The van der Waals surface area contributed by atoms with Gasteiger partial charge in [0.15, 0.2) is 24.8 Å². The lowest BCUT2D eigenvalue weighted by Crippen LogP contribution is -2.51. The fourth-order valence-electron chi connectivity index (χ4n) is 1.88. The van der Waals surface area contributed by atoms with Crippen molar-refractivity contribution in [1.82, 2.24) is 0 Å². The second-order valence-corrected chi connectivity index (χ2v) is 11.1. The van der Waals surface area contributed by atoms with Crippen molar-refractivity contribution in [2.24, 2.45) is 0 Å². The van der Waals surface area contributed by atoms with Crippen molar-refractivity contribution in [3.8, 4) is 0 Å². The molecular formula is C20H33ClN4S4. The summed E-state index contributed by atoms with van der Waals surface area (Å²) < 4.78 is 2.09. The highest BCUT2D eigenvalue weighted by Gasteiger charge is 2.21. The number of thiol groups is 2. The molecule has 0 aliphatic carbocycles. The number of aromatic nitrogens is 2. The minimum absolute atomic E-state index is 0.699. The van der Waals surface area contributed by atoms with E-state index < -0.39 is 7.62 Å². The van der Waals surface area contributed by atoms with Crippen molar-refractivity contribution >= 4 is 62.1 Å². The molecule has 0 aliphatic heterocycles. The third-order valence-electron chi connectivity index (χ3n) is 3.67. The Morgan fingerprint density at radius 3 is 1.34 bits per heavy atom. The monoisotopic (exact) mass is 492 g/mol. The third-order valence-corrected chi connectivity index (χ3v) is 6.60. The lowest BCUT2D eigenvalue weighted by atomic mass is 10.2. The standard InChI is InChI=1S/2C7H11N2.C6H13ClS4/c2*1-8(2)9-6-4-3-5-7-9;1-2-3-4-5(8,9)6(7,10)11/h2*3-7H,1-2H3;8-11H,2-4H2,1H3/q2*+1;/p-2. The first-order valence-corrected chi connectivity index (χ1v) is 11.3. The Bertz CT molecular complexity index is 607. The highest BCUT2D eigenvalue weighted by molar-refractivity contribution is 8.05. The molecule has 2 aromatic heterocycles. The molecule has 4 nitrogen and oxygen atoms in total. The summed E-state index contributed by atoms with van der Waals surface area (Å²) in [6.45, 7) is 2.08. The van der Waals surface area contributed by atoms with Gasteiger partial charge in [-0.1, -0.05) is 59.3 Å². The van der Waals surface area contributed by atoms with Crippen molar-refractivity contribution in [3.63, 3.8) is 0 Å². The molecule has 2 aromatic rings.